The van der Waals surface area contributed by atoms with Crippen LogP contribution in [0.1, 0.15) is 25.7 Å². The van der Waals surface area contributed by atoms with Crippen LogP contribution in [0.3, 0.4) is 0 Å². The molecule has 6 N–H and O–H groups in total. The Morgan fingerprint density at radius 2 is 0.864 bits per heavy atom. The van der Waals surface area contributed by atoms with Gasteiger partial charge in [0.2, 0.25) is 0 Å². The zero-order valence-corrected chi connectivity index (χ0v) is 13.1. The lowest BCUT2D eigenvalue weighted by Gasteiger charge is -1.94. The highest BCUT2D eigenvalue weighted by Crippen LogP contribution is 2.03. The van der Waals surface area contributed by atoms with Gasteiger partial charge in [-0.2, -0.15) is 0 Å². The minimum atomic E-state index is 0.322. The molecule has 0 atom stereocenters. The SMILES string of the molecule is NCCCCCCN.Oc1ccccc1.Oc1ccccc1. The van der Waals surface area contributed by atoms with E-state index in [0.29, 0.717) is 11.5 Å². The van der Waals surface area contributed by atoms with Crippen molar-refractivity contribution in [3.05, 3.63) is 60.7 Å². The maximum Gasteiger partial charge on any atom is 0.115 e. The van der Waals surface area contributed by atoms with Gasteiger partial charge in [0.1, 0.15) is 11.5 Å². The van der Waals surface area contributed by atoms with Crippen LogP contribution in [-0.4, -0.2) is 23.3 Å². The molecule has 0 aliphatic heterocycles. The van der Waals surface area contributed by atoms with Crippen molar-refractivity contribution in [2.75, 3.05) is 13.1 Å². The molecular weight excluding hydrogens is 276 g/mol. The molecule has 0 fully saturated rings. The molecule has 0 heterocycles. The van der Waals surface area contributed by atoms with Gasteiger partial charge >= 0.3 is 0 Å². The Balaban J connectivity index is 0.000000301. The Morgan fingerprint density at radius 3 is 1.05 bits per heavy atom. The van der Waals surface area contributed by atoms with Crippen molar-refractivity contribution in [3.8, 4) is 11.5 Å². The highest BCUT2D eigenvalue weighted by atomic mass is 16.3. The summed E-state index contributed by atoms with van der Waals surface area (Å²) in [6.45, 7) is 1.65. The molecule has 0 spiro atoms. The summed E-state index contributed by atoms with van der Waals surface area (Å²) < 4.78 is 0. The molecule has 0 aromatic heterocycles. The largest absolute Gasteiger partial charge is 0.508 e. The zero-order chi connectivity index (χ0) is 16.5. The van der Waals surface area contributed by atoms with Gasteiger partial charge in [0.25, 0.3) is 0 Å². The minimum absolute atomic E-state index is 0.322. The number of rotatable bonds is 5. The first-order chi connectivity index (χ1) is 10.7. The summed E-state index contributed by atoms with van der Waals surface area (Å²) in [6, 6.07) is 17.4. The Labute approximate surface area is 133 Å². The van der Waals surface area contributed by atoms with Crippen molar-refractivity contribution in [1.82, 2.24) is 0 Å². The number of hydrogen-bond acceptors (Lipinski definition) is 4. The van der Waals surface area contributed by atoms with Crippen LogP contribution in [0.25, 0.3) is 0 Å². The maximum absolute atomic E-state index is 8.63. The molecule has 0 saturated heterocycles. The van der Waals surface area contributed by atoms with Crippen molar-refractivity contribution in [2.24, 2.45) is 11.5 Å². The first-order valence-electron chi connectivity index (χ1n) is 7.59. The van der Waals surface area contributed by atoms with Gasteiger partial charge in [-0.15, -0.1) is 0 Å². The Kier molecular flexibility index (Phi) is 13.9. The quantitative estimate of drug-likeness (QED) is 0.638. The van der Waals surface area contributed by atoms with Crippen molar-refractivity contribution >= 4 is 0 Å². The predicted molar refractivity (Wildman–Crippen MR) is 92.8 cm³/mol. The molecule has 0 radical (unpaired) electrons. The molecule has 2 rings (SSSR count). The Morgan fingerprint density at radius 1 is 0.545 bits per heavy atom. The highest BCUT2D eigenvalue weighted by molar-refractivity contribution is 5.19. The summed E-state index contributed by atoms with van der Waals surface area (Å²) in [7, 11) is 0. The fourth-order valence-electron chi connectivity index (χ4n) is 1.50. The van der Waals surface area contributed by atoms with E-state index in [1.807, 2.05) is 12.1 Å². The summed E-state index contributed by atoms with van der Waals surface area (Å²) >= 11 is 0. The van der Waals surface area contributed by atoms with Crippen molar-refractivity contribution < 1.29 is 10.2 Å². The second-order valence-electron chi connectivity index (χ2n) is 4.66. The molecular formula is C18H28N2O2. The molecule has 122 valence electrons. The molecule has 0 aliphatic rings. The van der Waals surface area contributed by atoms with Crippen LogP contribution in [0.4, 0.5) is 0 Å². The van der Waals surface area contributed by atoms with Gasteiger partial charge in [-0.3, -0.25) is 0 Å². The number of aromatic hydroxyl groups is 2. The summed E-state index contributed by atoms with van der Waals surface area (Å²) in [5, 5.41) is 17.3. The summed E-state index contributed by atoms with van der Waals surface area (Å²) in [5.74, 6) is 0.644. The number of phenolic OH excluding ortho intramolecular Hbond substituents is 2. The lowest BCUT2D eigenvalue weighted by Crippen LogP contribution is -2.00. The third-order valence-corrected chi connectivity index (χ3v) is 2.67. The third kappa shape index (κ3) is 14.4. The van der Waals surface area contributed by atoms with Crippen molar-refractivity contribution in [3.63, 3.8) is 0 Å². The van der Waals surface area contributed by atoms with E-state index < -0.39 is 0 Å². The average Bonchev–Trinajstić information content (AvgIpc) is 2.54. The molecule has 0 bridgehead atoms. The van der Waals surface area contributed by atoms with Crippen molar-refractivity contribution in [1.29, 1.82) is 0 Å². The van der Waals surface area contributed by atoms with Gasteiger partial charge in [-0.1, -0.05) is 49.2 Å². The van der Waals surface area contributed by atoms with Crippen LogP contribution in [0.2, 0.25) is 0 Å². The lowest BCUT2D eigenvalue weighted by molar-refractivity contribution is 0.475. The van der Waals surface area contributed by atoms with Gasteiger partial charge in [0, 0.05) is 0 Å². The average molecular weight is 304 g/mol. The number of hydrogen-bond donors (Lipinski definition) is 4. The van der Waals surface area contributed by atoms with E-state index in [1.54, 1.807) is 48.5 Å². The van der Waals surface area contributed by atoms with Crippen molar-refractivity contribution in [2.45, 2.75) is 25.7 Å². The van der Waals surface area contributed by atoms with Crippen LogP contribution < -0.4 is 11.5 Å². The molecule has 0 unspecified atom stereocenters. The van der Waals surface area contributed by atoms with Crippen LogP contribution in [0, 0.1) is 0 Å². The molecule has 2 aromatic rings. The van der Waals surface area contributed by atoms with E-state index in [2.05, 4.69) is 0 Å². The van der Waals surface area contributed by atoms with Gasteiger partial charge in [-0.05, 0) is 50.2 Å². The summed E-state index contributed by atoms with van der Waals surface area (Å²) in [5.41, 5.74) is 10.6. The van der Waals surface area contributed by atoms with Crippen LogP contribution in [0.15, 0.2) is 60.7 Å². The number of nitrogens with two attached hydrogens (primary N) is 2. The highest BCUT2D eigenvalue weighted by Gasteiger charge is 1.83. The Bertz CT molecular complexity index is 392. The number of para-hydroxylation sites is 2. The van der Waals surface area contributed by atoms with Gasteiger partial charge < -0.3 is 21.7 Å². The minimum Gasteiger partial charge on any atom is -0.508 e. The Hall–Kier alpha value is -2.04. The fourth-order valence-corrected chi connectivity index (χ4v) is 1.50. The standard InChI is InChI=1S/C6H16N2.2C6H6O/c7-5-3-1-2-4-6-8;2*7-6-4-2-1-3-5-6/h1-8H2;2*1-5,7H. The van der Waals surface area contributed by atoms with Gasteiger partial charge in [0.05, 0.1) is 0 Å². The topological polar surface area (TPSA) is 92.5 Å². The lowest BCUT2D eigenvalue weighted by atomic mass is 10.2. The maximum atomic E-state index is 8.63. The van der Waals surface area contributed by atoms with E-state index in [0.717, 1.165) is 25.9 Å². The normalized spacial score (nSPS) is 9.00. The van der Waals surface area contributed by atoms with Gasteiger partial charge in [-0.25, -0.2) is 0 Å². The monoisotopic (exact) mass is 304 g/mol. The molecule has 0 amide bonds. The smallest absolute Gasteiger partial charge is 0.115 e. The molecule has 4 nitrogen and oxygen atoms in total. The van der Waals surface area contributed by atoms with Crippen LogP contribution in [-0.2, 0) is 0 Å². The van der Waals surface area contributed by atoms with E-state index in [9.17, 15) is 0 Å². The fraction of sp³-hybridized carbons (Fsp3) is 0.333. The number of phenols is 2. The predicted octanol–water partition coefficient (Wildman–Crippen LogP) is 3.25. The van der Waals surface area contributed by atoms with Gasteiger partial charge in [0.15, 0.2) is 0 Å². The van der Waals surface area contributed by atoms with E-state index >= 15 is 0 Å². The number of unbranched alkanes of at least 4 members (excludes halogenated alkanes) is 3. The zero-order valence-electron chi connectivity index (χ0n) is 13.1. The van der Waals surface area contributed by atoms with Crippen LogP contribution >= 0.6 is 0 Å². The first-order valence-corrected chi connectivity index (χ1v) is 7.59. The van der Waals surface area contributed by atoms with E-state index in [4.69, 9.17) is 21.7 Å². The molecule has 22 heavy (non-hydrogen) atoms. The molecule has 2 aromatic carbocycles. The second kappa shape index (κ2) is 15.4. The first kappa shape index (κ1) is 20.0. The van der Waals surface area contributed by atoms with E-state index in [1.165, 1.54) is 12.8 Å². The molecule has 4 heteroatoms. The molecule has 0 saturated carbocycles. The summed E-state index contributed by atoms with van der Waals surface area (Å²) in [6.07, 6.45) is 4.79. The molecule has 0 aliphatic carbocycles. The third-order valence-electron chi connectivity index (χ3n) is 2.67. The second-order valence-corrected chi connectivity index (χ2v) is 4.66. The van der Waals surface area contributed by atoms with Crippen LogP contribution in [0.5, 0.6) is 11.5 Å². The van der Waals surface area contributed by atoms with E-state index in [-0.39, 0.29) is 0 Å². The summed E-state index contributed by atoms with van der Waals surface area (Å²) in [4.78, 5) is 0. The number of benzene rings is 2.